The number of nitrogens with zero attached hydrogens (tertiary/aromatic N) is 1. The minimum Gasteiger partial charge on any atom is -0.378 e. The van der Waals surface area contributed by atoms with Crippen LogP contribution in [0.3, 0.4) is 0 Å². The molecule has 4 saturated carbocycles. The SMILES string of the molecule is CCCCCN(CCCCC)CCC[C@@H](C)[C@H]1CC[C@H]2[C@@H]3[C@H](OCCCN)C[C@@H]4CC(OCCCN)CC[C@]4(C)[C@H]3C[C@H](OCCCN)[C@]12C. The topological polar surface area (TPSA) is 109 Å². The Morgan fingerprint density at radius 3 is 1.94 bits per heavy atom. The number of hydrogen-bond donors (Lipinski definition) is 3. The molecule has 0 amide bonds. The maximum absolute atomic E-state index is 7.09. The van der Waals surface area contributed by atoms with Crippen LogP contribution in [0.25, 0.3) is 0 Å². The molecule has 0 heterocycles. The van der Waals surface area contributed by atoms with Gasteiger partial charge in [-0.2, -0.15) is 0 Å². The van der Waals surface area contributed by atoms with Crippen LogP contribution >= 0.6 is 0 Å². The van der Waals surface area contributed by atoms with Crippen molar-refractivity contribution < 1.29 is 14.2 Å². The van der Waals surface area contributed by atoms with E-state index in [0.29, 0.717) is 78.9 Å². The molecule has 7 heteroatoms. The van der Waals surface area contributed by atoms with Gasteiger partial charge in [-0.15, -0.1) is 0 Å². The molecule has 11 atom stereocenters. The summed E-state index contributed by atoms with van der Waals surface area (Å²) < 4.78 is 20.5. The molecule has 0 radical (unpaired) electrons. The fourth-order valence-corrected chi connectivity index (χ4v) is 11.9. The molecule has 0 aromatic rings. The van der Waals surface area contributed by atoms with E-state index in [2.05, 4.69) is 39.5 Å². The van der Waals surface area contributed by atoms with Gasteiger partial charge in [0.15, 0.2) is 0 Å². The van der Waals surface area contributed by atoms with Crippen LogP contribution in [0.2, 0.25) is 0 Å². The highest BCUT2D eigenvalue weighted by atomic mass is 16.5. The second-order valence-corrected chi connectivity index (χ2v) is 17.9. The molecule has 4 aliphatic carbocycles. The molecule has 0 spiro atoms. The van der Waals surface area contributed by atoms with Crippen molar-refractivity contribution in [2.24, 2.45) is 63.5 Å². The highest BCUT2D eigenvalue weighted by Gasteiger charge is 2.66. The number of nitrogens with two attached hydrogens (primary N) is 3. The lowest BCUT2D eigenvalue weighted by molar-refractivity contribution is -0.227. The first-order chi connectivity index (χ1) is 24.3. The van der Waals surface area contributed by atoms with Crippen molar-refractivity contribution >= 4 is 0 Å². The molecule has 0 bridgehead atoms. The van der Waals surface area contributed by atoms with Crippen LogP contribution in [0, 0.1) is 46.3 Å². The fraction of sp³-hybridized carbons (Fsp3) is 1.00. The number of ether oxygens (including phenoxy) is 3. The molecule has 6 N–H and O–H groups in total. The summed E-state index contributed by atoms with van der Waals surface area (Å²) in [5.41, 5.74) is 18.3. The molecule has 294 valence electrons. The van der Waals surface area contributed by atoms with Gasteiger partial charge in [-0.3, -0.25) is 0 Å². The molecule has 0 aliphatic heterocycles. The van der Waals surface area contributed by atoms with Crippen LogP contribution in [0.15, 0.2) is 0 Å². The Morgan fingerprint density at radius 2 is 1.30 bits per heavy atom. The summed E-state index contributed by atoms with van der Waals surface area (Å²) in [6, 6.07) is 0. The number of unbranched alkanes of at least 4 members (excludes halogenated alkanes) is 4. The maximum atomic E-state index is 7.09. The molecule has 4 fully saturated rings. The van der Waals surface area contributed by atoms with Crippen molar-refractivity contribution in [2.75, 3.05) is 59.1 Å². The summed E-state index contributed by atoms with van der Waals surface area (Å²) in [6.07, 6.45) is 23.1. The van der Waals surface area contributed by atoms with E-state index in [-0.39, 0.29) is 5.41 Å². The first-order valence-electron chi connectivity index (χ1n) is 22.0. The zero-order chi connectivity index (χ0) is 36.0. The molecular formula is C43H84N4O3. The van der Waals surface area contributed by atoms with Crippen molar-refractivity contribution in [2.45, 2.75) is 169 Å². The third kappa shape index (κ3) is 10.5. The quantitative estimate of drug-likeness (QED) is 0.0823. The lowest BCUT2D eigenvalue weighted by Gasteiger charge is -2.65. The molecule has 50 heavy (non-hydrogen) atoms. The summed E-state index contributed by atoms with van der Waals surface area (Å²) in [5.74, 6) is 3.92. The van der Waals surface area contributed by atoms with Crippen LogP contribution in [0.1, 0.15) is 150 Å². The minimum absolute atomic E-state index is 0.179. The van der Waals surface area contributed by atoms with E-state index < -0.39 is 0 Å². The third-order valence-electron chi connectivity index (χ3n) is 14.8. The predicted octanol–water partition coefficient (Wildman–Crippen LogP) is 8.17. The Bertz CT molecular complexity index is 915. The minimum atomic E-state index is 0.179. The van der Waals surface area contributed by atoms with Gasteiger partial charge in [0.25, 0.3) is 0 Å². The number of rotatable bonds is 25. The molecule has 1 unspecified atom stereocenters. The van der Waals surface area contributed by atoms with Crippen molar-refractivity contribution in [3.05, 3.63) is 0 Å². The number of hydrogen-bond acceptors (Lipinski definition) is 7. The summed E-state index contributed by atoms with van der Waals surface area (Å²) in [6.45, 7) is 20.9. The van der Waals surface area contributed by atoms with Gasteiger partial charge in [0.2, 0.25) is 0 Å². The number of fused-ring (bicyclic) bond motifs is 5. The zero-order valence-corrected chi connectivity index (χ0v) is 33.7. The van der Waals surface area contributed by atoms with E-state index >= 15 is 0 Å². The highest BCUT2D eigenvalue weighted by molar-refractivity contribution is 5.15. The Morgan fingerprint density at radius 1 is 0.680 bits per heavy atom. The van der Waals surface area contributed by atoms with Crippen LogP contribution in [-0.4, -0.2) is 82.3 Å². The van der Waals surface area contributed by atoms with Gasteiger partial charge in [0, 0.05) is 25.2 Å². The Balaban J connectivity index is 1.53. The molecule has 0 saturated heterocycles. The standard InChI is InChI=1S/C43H84N4O3/c1-6-8-10-24-47(25-11-9-7-2)26-12-16-33(3)36-17-18-37-41-38(32-40(43(36,37)5)50-29-15-23-46)42(4)20-19-35(48-27-13-21-44)30-34(42)31-39(41)49-28-14-22-45/h33-41H,6-32,44-46H2,1-5H3/t33-,34+,35?,36-,37+,38+,39-,40+,41+,42+,43-/m1/s1. The molecule has 0 aromatic heterocycles. The van der Waals surface area contributed by atoms with Gasteiger partial charge in [-0.05, 0) is 170 Å². The largest absolute Gasteiger partial charge is 0.378 e. The smallest absolute Gasteiger partial charge is 0.0637 e. The van der Waals surface area contributed by atoms with Gasteiger partial charge in [-0.25, -0.2) is 0 Å². The van der Waals surface area contributed by atoms with E-state index in [9.17, 15) is 0 Å². The van der Waals surface area contributed by atoms with Gasteiger partial charge < -0.3 is 36.3 Å². The summed E-state index contributed by atoms with van der Waals surface area (Å²) >= 11 is 0. The Kier molecular flexibility index (Phi) is 18.3. The van der Waals surface area contributed by atoms with Gasteiger partial charge in [0.1, 0.15) is 0 Å². The predicted molar refractivity (Wildman–Crippen MR) is 210 cm³/mol. The second kappa shape index (κ2) is 21.6. The molecule has 4 rings (SSSR count). The first kappa shape index (κ1) is 42.5. The van der Waals surface area contributed by atoms with E-state index in [1.165, 1.54) is 110 Å². The highest BCUT2D eigenvalue weighted by Crippen LogP contribution is 2.69. The Hall–Kier alpha value is -0.280. The van der Waals surface area contributed by atoms with Gasteiger partial charge in [0.05, 0.1) is 18.3 Å². The fourth-order valence-electron chi connectivity index (χ4n) is 11.9. The zero-order valence-electron chi connectivity index (χ0n) is 33.7. The van der Waals surface area contributed by atoms with Crippen molar-refractivity contribution in [3.63, 3.8) is 0 Å². The molecule has 7 nitrogen and oxygen atoms in total. The first-order valence-corrected chi connectivity index (χ1v) is 22.0. The van der Waals surface area contributed by atoms with Crippen LogP contribution in [0.5, 0.6) is 0 Å². The lowest BCUT2D eigenvalue weighted by Crippen LogP contribution is -2.63. The van der Waals surface area contributed by atoms with Crippen molar-refractivity contribution in [1.29, 1.82) is 0 Å². The van der Waals surface area contributed by atoms with E-state index in [1.54, 1.807) is 0 Å². The Labute approximate surface area is 309 Å². The monoisotopic (exact) mass is 705 g/mol. The van der Waals surface area contributed by atoms with E-state index in [1.807, 2.05) is 0 Å². The van der Waals surface area contributed by atoms with Crippen LogP contribution in [0.4, 0.5) is 0 Å². The normalized spacial score (nSPS) is 35.9. The van der Waals surface area contributed by atoms with Crippen LogP contribution < -0.4 is 17.2 Å². The van der Waals surface area contributed by atoms with Crippen LogP contribution in [-0.2, 0) is 14.2 Å². The average molecular weight is 705 g/mol. The van der Waals surface area contributed by atoms with Gasteiger partial charge >= 0.3 is 0 Å². The van der Waals surface area contributed by atoms with E-state index in [0.717, 1.165) is 45.5 Å². The summed E-state index contributed by atoms with van der Waals surface area (Å²) in [7, 11) is 0. The maximum Gasteiger partial charge on any atom is 0.0637 e. The lowest BCUT2D eigenvalue weighted by atomic mass is 9.43. The summed E-state index contributed by atoms with van der Waals surface area (Å²) in [4.78, 5) is 2.79. The molecule has 4 aliphatic rings. The molecular weight excluding hydrogens is 620 g/mol. The van der Waals surface area contributed by atoms with E-state index in [4.69, 9.17) is 31.4 Å². The van der Waals surface area contributed by atoms with Gasteiger partial charge in [-0.1, -0.05) is 60.3 Å². The molecule has 0 aromatic carbocycles. The average Bonchev–Trinajstić information content (AvgIpc) is 3.47. The third-order valence-corrected chi connectivity index (χ3v) is 14.8. The second-order valence-electron chi connectivity index (χ2n) is 17.9. The van der Waals surface area contributed by atoms with Crippen molar-refractivity contribution in [1.82, 2.24) is 4.90 Å². The summed E-state index contributed by atoms with van der Waals surface area (Å²) in [5, 5.41) is 0. The van der Waals surface area contributed by atoms with Crippen molar-refractivity contribution in [3.8, 4) is 0 Å².